The number of aliphatic hydroxyl groups is 1. The minimum atomic E-state index is -0.792. The van der Waals surface area contributed by atoms with Crippen LogP contribution < -0.4 is 4.74 Å². The summed E-state index contributed by atoms with van der Waals surface area (Å²) in [4.78, 5) is 10.2. The molecule has 19 heavy (non-hydrogen) atoms. The lowest BCUT2D eigenvalue weighted by atomic mass is 10.1. The highest BCUT2D eigenvalue weighted by molar-refractivity contribution is 5.44. The van der Waals surface area contributed by atoms with Crippen molar-refractivity contribution >= 4 is 5.69 Å². The molecule has 5 heteroatoms. The van der Waals surface area contributed by atoms with Gasteiger partial charge in [0.2, 0.25) is 0 Å². The predicted molar refractivity (Wildman–Crippen MR) is 73.3 cm³/mol. The summed E-state index contributed by atoms with van der Waals surface area (Å²) in [6.07, 6.45) is 1.20. The molecule has 1 rings (SSSR count). The molecule has 0 bridgehead atoms. The van der Waals surface area contributed by atoms with E-state index in [9.17, 15) is 15.2 Å². The van der Waals surface area contributed by atoms with E-state index in [1.54, 1.807) is 13.0 Å². The third-order valence-corrected chi connectivity index (χ3v) is 2.84. The molecule has 1 unspecified atom stereocenters. The summed E-state index contributed by atoms with van der Waals surface area (Å²) < 4.78 is 5.60. The Labute approximate surface area is 113 Å². The molecule has 1 N–H and O–H groups in total. The van der Waals surface area contributed by atoms with E-state index in [1.165, 1.54) is 12.1 Å². The fourth-order valence-electron chi connectivity index (χ4n) is 1.78. The van der Waals surface area contributed by atoms with Crippen molar-refractivity contribution < 1.29 is 14.8 Å². The molecule has 1 atom stereocenters. The molecule has 0 saturated heterocycles. The van der Waals surface area contributed by atoms with Gasteiger partial charge in [0, 0.05) is 17.7 Å². The molecule has 1 aromatic rings. The normalized spacial score (nSPS) is 12.5. The van der Waals surface area contributed by atoms with Crippen molar-refractivity contribution in [1.29, 1.82) is 0 Å². The maximum absolute atomic E-state index is 10.7. The second kappa shape index (κ2) is 7.09. The lowest BCUT2D eigenvalue weighted by Gasteiger charge is -2.13. The van der Waals surface area contributed by atoms with Gasteiger partial charge in [-0.3, -0.25) is 10.1 Å². The number of hydrogen-bond donors (Lipinski definition) is 1. The minimum Gasteiger partial charge on any atom is -0.493 e. The average molecular weight is 267 g/mol. The van der Waals surface area contributed by atoms with Gasteiger partial charge in [-0.05, 0) is 31.7 Å². The molecular weight excluding hydrogens is 246 g/mol. The molecule has 0 fully saturated rings. The Balaban J connectivity index is 2.74. The molecule has 1 aromatic carbocycles. The van der Waals surface area contributed by atoms with Gasteiger partial charge in [-0.25, -0.2) is 0 Å². The Kier molecular flexibility index (Phi) is 5.76. The summed E-state index contributed by atoms with van der Waals surface area (Å²) in [5, 5.41) is 20.4. The van der Waals surface area contributed by atoms with Gasteiger partial charge in [-0.15, -0.1) is 0 Å². The maximum Gasteiger partial charge on any atom is 0.270 e. The summed E-state index contributed by atoms with van der Waals surface area (Å²) in [7, 11) is 0. The van der Waals surface area contributed by atoms with Crippen molar-refractivity contribution in [3.63, 3.8) is 0 Å². The van der Waals surface area contributed by atoms with Crippen LogP contribution in [-0.2, 0) is 0 Å². The van der Waals surface area contributed by atoms with Crippen LogP contribution in [-0.4, -0.2) is 16.6 Å². The third-order valence-electron chi connectivity index (χ3n) is 2.84. The van der Waals surface area contributed by atoms with E-state index in [-0.39, 0.29) is 5.69 Å². The quantitative estimate of drug-likeness (QED) is 0.466. The van der Waals surface area contributed by atoms with Gasteiger partial charge >= 0.3 is 0 Å². The highest BCUT2D eigenvalue weighted by Crippen LogP contribution is 2.29. The first-order chi connectivity index (χ1) is 8.91. The first-order valence-electron chi connectivity index (χ1n) is 6.51. The van der Waals surface area contributed by atoms with E-state index in [0.29, 0.717) is 23.8 Å². The molecule has 0 aromatic heterocycles. The van der Waals surface area contributed by atoms with Gasteiger partial charge in [0.05, 0.1) is 17.6 Å². The number of nitrogens with zero attached hydrogens (tertiary/aromatic N) is 1. The maximum atomic E-state index is 10.7. The van der Waals surface area contributed by atoms with Crippen molar-refractivity contribution in [1.82, 2.24) is 0 Å². The number of aliphatic hydroxyl groups excluding tert-OH is 1. The molecule has 0 amide bonds. The minimum absolute atomic E-state index is 0.0366. The Morgan fingerprint density at radius 1 is 1.37 bits per heavy atom. The van der Waals surface area contributed by atoms with E-state index in [0.717, 1.165) is 12.8 Å². The van der Waals surface area contributed by atoms with Crippen LogP contribution in [0, 0.1) is 16.0 Å². The van der Waals surface area contributed by atoms with Crippen LogP contribution in [0.1, 0.15) is 45.3 Å². The summed E-state index contributed by atoms with van der Waals surface area (Å²) in [6.45, 7) is 6.41. The first kappa shape index (κ1) is 15.4. The molecule has 0 radical (unpaired) electrons. The van der Waals surface area contributed by atoms with E-state index in [1.807, 2.05) is 0 Å². The first-order valence-corrected chi connectivity index (χ1v) is 6.51. The van der Waals surface area contributed by atoms with Gasteiger partial charge in [-0.2, -0.15) is 0 Å². The van der Waals surface area contributed by atoms with Gasteiger partial charge in [0.25, 0.3) is 5.69 Å². The van der Waals surface area contributed by atoms with Crippen molar-refractivity contribution in [2.24, 2.45) is 5.92 Å². The number of nitro groups is 1. The zero-order valence-corrected chi connectivity index (χ0v) is 11.6. The molecule has 0 spiro atoms. The Morgan fingerprint density at radius 3 is 2.58 bits per heavy atom. The predicted octanol–water partition coefficient (Wildman–Crippen LogP) is 3.46. The second-order valence-corrected chi connectivity index (χ2v) is 5.04. The van der Waals surface area contributed by atoms with Crippen molar-refractivity contribution in [3.05, 3.63) is 33.9 Å². The molecular formula is C14H21NO4. The fraction of sp³-hybridized carbons (Fsp3) is 0.571. The molecule has 0 aliphatic heterocycles. The average Bonchev–Trinajstić information content (AvgIpc) is 2.34. The summed E-state index contributed by atoms with van der Waals surface area (Å²) >= 11 is 0. The molecule has 0 saturated carbocycles. The van der Waals surface area contributed by atoms with E-state index >= 15 is 0 Å². The molecule has 106 valence electrons. The number of non-ortho nitro benzene ring substituents is 1. The van der Waals surface area contributed by atoms with E-state index < -0.39 is 11.0 Å². The standard InChI is InChI=1S/C14H21NO4/c1-10(2)5-4-8-19-14-7-6-12(15(17)18)9-13(14)11(3)16/h6-7,9-11,16H,4-5,8H2,1-3H3. The van der Waals surface area contributed by atoms with E-state index in [2.05, 4.69) is 13.8 Å². The number of rotatable bonds is 7. The van der Waals surface area contributed by atoms with Crippen LogP contribution in [0.4, 0.5) is 5.69 Å². The highest BCUT2D eigenvalue weighted by Gasteiger charge is 2.15. The molecule has 0 aliphatic carbocycles. The summed E-state index contributed by atoms with van der Waals surface area (Å²) in [5.41, 5.74) is 0.421. The smallest absolute Gasteiger partial charge is 0.270 e. The topological polar surface area (TPSA) is 72.6 Å². The SMILES string of the molecule is CC(C)CCCOc1ccc([N+](=O)[O-])cc1C(C)O. The number of hydrogen-bond acceptors (Lipinski definition) is 4. The molecule has 5 nitrogen and oxygen atoms in total. The molecule has 0 aliphatic rings. The fourth-order valence-corrected chi connectivity index (χ4v) is 1.78. The van der Waals surface area contributed by atoms with Crippen molar-refractivity contribution in [2.45, 2.75) is 39.7 Å². The lowest BCUT2D eigenvalue weighted by molar-refractivity contribution is -0.385. The number of ether oxygens (including phenoxy) is 1. The van der Waals surface area contributed by atoms with Crippen LogP contribution in [0.25, 0.3) is 0 Å². The van der Waals surface area contributed by atoms with Crippen molar-refractivity contribution in [2.75, 3.05) is 6.61 Å². The lowest BCUT2D eigenvalue weighted by Crippen LogP contribution is -2.04. The largest absolute Gasteiger partial charge is 0.493 e. The third kappa shape index (κ3) is 4.87. The number of benzene rings is 1. The second-order valence-electron chi connectivity index (χ2n) is 5.04. The van der Waals surface area contributed by atoms with Crippen LogP contribution in [0.2, 0.25) is 0 Å². The zero-order chi connectivity index (χ0) is 14.4. The van der Waals surface area contributed by atoms with Gasteiger partial charge in [-0.1, -0.05) is 13.8 Å². The Bertz CT molecular complexity index is 429. The van der Waals surface area contributed by atoms with Gasteiger partial charge in [0.15, 0.2) is 0 Å². The molecule has 0 heterocycles. The van der Waals surface area contributed by atoms with Crippen LogP contribution >= 0.6 is 0 Å². The van der Waals surface area contributed by atoms with Crippen LogP contribution in [0.15, 0.2) is 18.2 Å². The number of nitro benzene ring substituents is 1. The summed E-state index contributed by atoms with van der Waals surface area (Å²) in [5.74, 6) is 1.14. The monoisotopic (exact) mass is 267 g/mol. The Morgan fingerprint density at radius 2 is 2.05 bits per heavy atom. The van der Waals surface area contributed by atoms with Gasteiger partial charge < -0.3 is 9.84 Å². The van der Waals surface area contributed by atoms with Gasteiger partial charge in [0.1, 0.15) is 5.75 Å². The zero-order valence-electron chi connectivity index (χ0n) is 11.6. The Hall–Kier alpha value is -1.62. The highest BCUT2D eigenvalue weighted by atomic mass is 16.6. The van der Waals surface area contributed by atoms with Crippen molar-refractivity contribution in [3.8, 4) is 5.75 Å². The van der Waals surface area contributed by atoms with E-state index in [4.69, 9.17) is 4.74 Å². The summed E-state index contributed by atoms with van der Waals surface area (Å²) in [6, 6.07) is 4.31. The van der Waals surface area contributed by atoms with Crippen LogP contribution in [0.5, 0.6) is 5.75 Å². The van der Waals surface area contributed by atoms with Crippen LogP contribution in [0.3, 0.4) is 0 Å².